The number of methoxy groups -OCH3 is 1. The van der Waals surface area contributed by atoms with Crippen LogP contribution in [0.15, 0.2) is 12.1 Å². The molecule has 0 heterocycles. The van der Waals surface area contributed by atoms with E-state index >= 15 is 0 Å². The molecular formula is C13H19ClN2O3. The summed E-state index contributed by atoms with van der Waals surface area (Å²) >= 11 is 5.89. The summed E-state index contributed by atoms with van der Waals surface area (Å²) in [5, 5.41) is 14.1. The summed E-state index contributed by atoms with van der Waals surface area (Å²) in [7, 11) is 1.67. The molecule has 1 aromatic rings. The molecule has 0 spiro atoms. The minimum Gasteiger partial charge on any atom is -0.385 e. The Bertz CT molecular complexity index is 475. The van der Waals surface area contributed by atoms with Crippen molar-refractivity contribution in [3.63, 3.8) is 0 Å². The molecule has 0 amide bonds. The van der Waals surface area contributed by atoms with Gasteiger partial charge >= 0.3 is 0 Å². The molecule has 0 aliphatic carbocycles. The molecule has 0 aliphatic rings. The molecular weight excluding hydrogens is 268 g/mol. The third kappa shape index (κ3) is 4.36. The van der Waals surface area contributed by atoms with E-state index in [0.717, 1.165) is 17.7 Å². The number of nitro benzene ring substituents is 1. The smallest absolute Gasteiger partial charge is 0.288 e. The maximum Gasteiger partial charge on any atom is 0.288 e. The van der Waals surface area contributed by atoms with Gasteiger partial charge in [0.2, 0.25) is 0 Å². The quantitative estimate of drug-likeness (QED) is 0.638. The SMILES string of the molecule is COC(C)(C)CCNc1cc(Cl)c([N+](=O)[O-])cc1C. The number of halogens is 1. The third-order valence-electron chi connectivity index (χ3n) is 3.09. The monoisotopic (exact) mass is 286 g/mol. The van der Waals surface area contributed by atoms with E-state index in [4.69, 9.17) is 16.3 Å². The highest BCUT2D eigenvalue weighted by Gasteiger charge is 2.17. The first-order chi connectivity index (χ1) is 8.76. The van der Waals surface area contributed by atoms with Gasteiger partial charge in [-0.3, -0.25) is 10.1 Å². The van der Waals surface area contributed by atoms with Crippen LogP contribution >= 0.6 is 11.6 Å². The van der Waals surface area contributed by atoms with Crippen LogP contribution in [0.5, 0.6) is 0 Å². The molecule has 19 heavy (non-hydrogen) atoms. The molecule has 0 saturated carbocycles. The van der Waals surface area contributed by atoms with E-state index in [-0.39, 0.29) is 16.3 Å². The van der Waals surface area contributed by atoms with Crippen molar-refractivity contribution in [2.24, 2.45) is 0 Å². The molecule has 1 N–H and O–H groups in total. The van der Waals surface area contributed by atoms with E-state index in [2.05, 4.69) is 5.32 Å². The predicted octanol–water partition coefficient (Wildman–Crippen LogP) is 3.78. The van der Waals surface area contributed by atoms with Crippen molar-refractivity contribution in [1.82, 2.24) is 0 Å². The number of rotatable bonds is 6. The fourth-order valence-corrected chi connectivity index (χ4v) is 1.83. The van der Waals surface area contributed by atoms with Gasteiger partial charge in [-0.25, -0.2) is 0 Å². The van der Waals surface area contributed by atoms with E-state index < -0.39 is 4.92 Å². The normalized spacial score (nSPS) is 11.4. The van der Waals surface area contributed by atoms with Crippen molar-refractivity contribution in [3.8, 4) is 0 Å². The summed E-state index contributed by atoms with van der Waals surface area (Å²) in [5.41, 5.74) is 1.33. The van der Waals surface area contributed by atoms with Gasteiger partial charge in [-0.2, -0.15) is 0 Å². The van der Waals surface area contributed by atoms with Crippen LogP contribution in [0.1, 0.15) is 25.8 Å². The average molecular weight is 287 g/mol. The number of ether oxygens (including phenoxy) is 1. The zero-order valence-electron chi connectivity index (χ0n) is 11.6. The molecule has 0 unspecified atom stereocenters. The van der Waals surface area contributed by atoms with Gasteiger partial charge in [0.15, 0.2) is 0 Å². The van der Waals surface area contributed by atoms with Gasteiger partial charge in [0, 0.05) is 25.4 Å². The lowest BCUT2D eigenvalue weighted by molar-refractivity contribution is -0.384. The van der Waals surface area contributed by atoms with E-state index in [9.17, 15) is 10.1 Å². The van der Waals surface area contributed by atoms with Gasteiger partial charge in [0.05, 0.1) is 10.5 Å². The van der Waals surface area contributed by atoms with Gasteiger partial charge < -0.3 is 10.1 Å². The molecule has 0 bridgehead atoms. The lowest BCUT2D eigenvalue weighted by Gasteiger charge is -2.23. The number of nitrogens with one attached hydrogen (secondary N) is 1. The van der Waals surface area contributed by atoms with Crippen LogP contribution in [0.3, 0.4) is 0 Å². The second kappa shape index (κ2) is 6.21. The van der Waals surface area contributed by atoms with Gasteiger partial charge in [-0.15, -0.1) is 0 Å². The van der Waals surface area contributed by atoms with Crippen molar-refractivity contribution in [3.05, 3.63) is 32.8 Å². The number of hydrogen-bond donors (Lipinski definition) is 1. The first-order valence-corrected chi connectivity index (χ1v) is 6.38. The van der Waals surface area contributed by atoms with Gasteiger partial charge in [0.25, 0.3) is 5.69 Å². The molecule has 0 fully saturated rings. The molecule has 1 aromatic carbocycles. The molecule has 0 saturated heterocycles. The van der Waals surface area contributed by atoms with Crippen LogP contribution in [0.2, 0.25) is 5.02 Å². The van der Waals surface area contributed by atoms with Crippen molar-refractivity contribution in [2.45, 2.75) is 32.8 Å². The number of nitrogens with zero attached hydrogens (tertiary/aromatic N) is 1. The van der Waals surface area contributed by atoms with Gasteiger partial charge in [0.1, 0.15) is 5.02 Å². The van der Waals surface area contributed by atoms with Crippen LogP contribution in [0.25, 0.3) is 0 Å². The topological polar surface area (TPSA) is 64.4 Å². The summed E-state index contributed by atoms with van der Waals surface area (Å²) in [6.07, 6.45) is 0.817. The number of anilines is 1. The first-order valence-electron chi connectivity index (χ1n) is 6.00. The Morgan fingerprint density at radius 3 is 2.63 bits per heavy atom. The Morgan fingerprint density at radius 2 is 2.11 bits per heavy atom. The van der Waals surface area contributed by atoms with Crippen molar-refractivity contribution in [2.75, 3.05) is 19.0 Å². The highest BCUT2D eigenvalue weighted by molar-refractivity contribution is 6.33. The molecule has 5 nitrogen and oxygen atoms in total. The third-order valence-corrected chi connectivity index (χ3v) is 3.39. The van der Waals surface area contributed by atoms with Crippen molar-refractivity contribution < 1.29 is 9.66 Å². The number of benzene rings is 1. The number of nitro groups is 1. The molecule has 0 radical (unpaired) electrons. The summed E-state index contributed by atoms with van der Waals surface area (Å²) in [4.78, 5) is 10.3. The number of hydrogen-bond acceptors (Lipinski definition) is 4. The van der Waals surface area contributed by atoms with Crippen LogP contribution < -0.4 is 5.32 Å². The molecule has 1 rings (SSSR count). The largest absolute Gasteiger partial charge is 0.385 e. The van der Waals surface area contributed by atoms with Gasteiger partial charge in [-0.1, -0.05) is 11.6 Å². The fraction of sp³-hybridized carbons (Fsp3) is 0.538. The lowest BCUT2D eigenvalue weighted by Crippen LogP contribution is -2.25. The highest BCUT2D eigenvalue weighted by atomic mass is 35.5. The Balaban J connectivity index is 2.75. The Labute approximate surface area is 118 Å². The minimum absolute atomic E-state index is 0.0676. The molecule has 0 atom stereocenters. The number of aryl methyl sites for hydroxylation is 1. The minimum atomic E-state index is -0.479. The molecule has 0 aromatic heterocycles. The highest BCUT2D eigenvalue weighted by Crippen LogP contribution is 2.30. The Morgan fingerprint density at radius 1 is 1.47 bits per heavy atom. The van der Waals surface area contributed by atoms with Crippen molar-refractivity contribution >= 4 is 23.0 Å². The Hall–Kier alpha value is -1.33. The molecule has 6 heteroatoms. The van der Waals surface area contributed by atoms with E-state index in [1.54, 1.807) is 13.2 Å². The second-order valence-corrected chi connectivity index (χ2v) is 5.42. The predicted molar refractivity (Wildman–Crippen MR) is 77.0 cm³/mol. The van der Waals surface area contributed by atoms with Crippen LogP contribution in [-0.2, 0) is 4.74 Å². The lowest BCUT2D eigenvalue weighted by atomic mass is 10.1. The summed E-state index contributed by atoms with van der Waals surface area (Å²) < 4.78 is 5.32. The summed E-state index contributed by atoms with van der Waals surface area (Å²) in [5.74, 6) is 0. The zero-order chi connectivity index (χ0) is 14.6. The van der Waals surface area contributed by atoms with Crippen LogP contribution in [-0.4, -0.2) is 24.2 Å². The molecule has 106 valence electrons. The summed E-state index contributed by atoms with van der Waals surface area (Å²) in [6, 6.07) is 3.07. The zero-order valence-corrected chi connectivity index (χ0v) is 12.4. The van der Waals surface area contributed by atoms with Crippen LogP contribution in [0.4, 0.5) is 11.4 Å². The fourth-order valence-electron chi connectivity index (χ4n) is 1.60. The van der Waals surface area contributed by atoms with Crippen LogP contribution in [0, 0.1) is 17.0 Å². The Kier molecular flexibility index (Phi) is 5.14. The maximum absolute atomic E-state index is 10.8. The van der Waals surface area contributed by atoms with E-state index in [0.29, 0.717) is 6.54 Å². The van der Waals surface area contributed by atoms with E-state index in [1.807, 2.05) is 20.8 Å². The van der Waals surface area contributed by atoms with Gasteiger partial charge in [-0.05, 0) is 38.8 Å². The second-order valence-electron chi connectivity index (χ2n) is 5.02. The van der Waals surface area contributed by atoms with Crippen molar-refractivity contribution in [1.29, 1.82) is 0 Å². The molecule has 0 aliphatic heterocycles. The summed E-state index contributed by atoms with van der Waals surface area (Å²) in [6.45, 7) is 6.53. The average Bonchev–Trinajstić information content (AvgIpc) is 2.32. The first kappa shape index (κ1) is 15.7. The van der Waals surface area contributed by atoms with E-state index in [1.165, 1.54) is 6.07 Å². The standard InChI is InChI=1S/C13H19ClN2O3/c1-9-7-12(16(17)18)10(14)8-11(9)15-6-5-13(2,3)19-4/h7-8,15H,5-6H2,1-4H3. The maximum atomic E-state index is 10.8.